The van der Waals surface area contributed by atoms with Crippen LogP contribution in [0.2, 0.25) is 0 Å². The van der Waals surface area contributed by atoms with Gasteiger partial charge in [-0.2, -0.15) is 4.98 Å². The summed E-state index contributed by atoms with van der Waals surface area (Å²) < 4.78 is 12.2. The summed E-state index contributed by atoms with van der Waals surface area (Å²) in [6, 6.07) is 7.42. The molecule has 8 nitrogen and oxygen atoms in total. The van der Waals surface area contributed by atoms with E-state index < -0.39 is 0 Å². The molecule has 3 heterocycles. The van der Waals surface area contributed by atoms with Gasteiger partial charge in [-0.25, -0.2) is 9.50 Å². The molecule has 122 valence electrons. The third kappa shape index (κ3) is 2.41. The van der Waals surface area contributed by atoms with Crippen LogP contribution in [0.15, 0.2) is 30.5 Å². The summed E-state index contributed by atoms with van der Waals surface area (Å²) >= 11 is 0. The van der Waals surface area contributed by atoms with Crippen molar-refractivity contribution in [2.24, 2.45) is 0 Å². The summed E-state index contributed by atoms with van der Waals surface area (Å²) in [5.41, 5.74) is 1.80. The average molecular weight is 325 g/mol. The predicted molar refractivity (Wildman–Crippen MR) is 83.9 cm³/mol. The number of ether oxygens (including phenoxy) is 2. The van der Waals surface area contributed by atoms with E-state index >= 15 is 0 Å². The van der Waals surface area contributed by atoms with Gasteiger partial charge in [0.25, 0.3) is 11.7 Å². The van der Waals surface area contributed by atoms with Crippen molar-refractivity contribution < 1.29 is 14.3 Å². The Kier molecular flexibility index (Phi) is 3.30. The molecule has 0 spiro atoms. The number of carbonyl (C=O) groups excluding carboxylic acids is 1. The summed E-state index contributed by atoms with van der Waals surface area (Å²) in [5.74, 6) is 1.68. The van der Waals surface area contributed by atoms with Gasteiger partial charge in [-0.1, -0.05) is 6.07 Å². The fourth-order valence-corrected chi connectivity index (χ4v) is 2.55. The van der Waals surface area contributed by atoms with E-state index in [9.17, 15) is 4.79 Å². The summed E-state index contributed by atoms with van der Waals surface area (Å²) in [7, 11) is 1.71. The Morgan fingerprint density at radius 1 is 1.29 bits per heavy atom. The molecule has 3 aromatic rings. The molecule has 0 saturated heterocycles. The van der Waals surface area contributed by atoms with Crippen molar-refractivity contribution in [2.75, 3.05) is 13.8 Å². The van der Waals surface area contributed by atoms with E-state index in [2.05, 4.69) is 15.1 Å². The number of nitrogens with zero attached hydrogens (tertiary/aromatic N) is 5. The lowest BCUT2D eigenvalue weighted by Crippen LogP contribution is -2.27. The first-order valence-electron chi connectivity index (χ1n) is 7.44. The molecule has 0 atom stereocenters. The van der Waals surface area contributed by atoms with Gasteiger partial charge >= 0.3 is 0 Å². The van der Waals surface area contributed by atoms with E-state index in [1.807, 2.05) is 31.2 Å². The number of aryl methyl sites for hydroxylation is 1. The first-order chi connectivity index (χ1) is 11.6. The van der Waals surface area contributed by atoms with Gasteiger partial charge in [0, 0.05) is 25.5 Å². The highest BCUT2D eigenvalue weighted by molar-refractivity contribution is 5.90. The summed E-state index contributed by atoms with van der Waals surface area (Å²) in [6.07, 6.45) is 1.64. The van der Waals surface area contributed by atoms with Gasteiger partial charge in [0.05, 0.1) is 0 Å². The number of hydrogen-bond acceptors (Lipinski definition) is 6. The molecular weight excluding hydrogens is 310 g/mol. The first kappa shape index (κ1) is 14.4. The number of fused-ring (bicyclic) bond motifs is 2. The summed E-state index contributed by atoms with van der Waals surface area (Å²) in [4.78, 5) is 22.4. The van der Waals surface area contributed by atoms with E-state index in [1.54, 1.807) is 22.7 Å². The van der Waals surface area contributed by atoms with Crippen molar-refractivity contribution in [2.45, 2.75) is 13.5 Å². The smallest absolute Gasteiger partial charge is 0.293 e. The quantitative estimate of drug-likeness (QED) is 0.724. The molecule has 0 unspecified atom stereocenters. The van der Waals surface area contributed by atoms with Crippen molar-refractivity contribution in [3.05, 3.63) is 47.5 Å². The Labute approximate surface area is 137 Å². The van der Waals surface area contributed by atoms with Crippen LogP contribution in [-0.4, -0.2) is 44.2 Å². The molecule has 0 saturated carbocycles. The molecule has 1 amide bonds. The van der Waals surface area contributed by atoms with Crippen LogP contribution in [0.3, 0.4) is 0 Å². The second-order valence-electron chi connectivity index (χ2n) is 5.58. The Hall–Kier alpha value is -3.16. The van der Waals surface area contributed by atoms with E-state index in [1.165, 1.54) is 0 Å². The third-order valence-electron chi connectivity index (χ3n) is 3.82. The standard InChI is InChI=1S/C16H15N5O3/c1-10-5-6-17-16-18-14(19-21(10)16)15(22)20(2)8-11-3-4-12-13(7-11)24-9-23-12/h3-7H,8-9H2,1-2H3. The van der Waals surface area contributed by atoms with Crippen molar-refractivity contribution in [3.63, 3.8) is 0 Å². The van der Waals surface area contributed by atoms with E-state index in [-0.39, 0.29) is 18.5 Å². The molecule has 1 aliphatic rings. The molecule has 1 aliphatic heterocycles. The van der Waals surface area contributed by atoms with Crippen molar-refractivity contribution in [1.82, 2.24) is 24.5 Å². The first-order valence-corrected chi connectivity index (χ1v) is 7.44. The zero-order valence-corrected chi connectivity index (χ0v) is 13.3. The van der Waals surface area contributed by atoms with Crippen molar-refractivity contribution in [3.8, 4) is 11.5 Å². The Morgan fingerprint density at radius 3 is 2.96 bits per heavy atom. The largest absolute Gasteiger partial charge is 0.454 e. The van der Waals surface area contributed by atoms with Gasteiger partial charge in [-0.05, 0) is 30.7 Å². The molecule has 8 heteroatoms. The fourth-order valence-electron chi connectivity index (χ4n) is 2.55. The predicted octanol–water partition coefficient (Wildman–Crippen LogP) is 1.43. The maximum Gasteiger partial charge on any atom is 0.293 e. The van der Waals surface area contributed by atoms with Crippen LogP contribution in [0.25, 0.3) is 5.78 Å². The average Bonchev–Trinajstić information content (AvgIpc) is 3.20. The van der Waals surface area contributed by atoms with Gasteiger partial charge < -0.3 is 14.4 Å². The Balaban J connectivity index is 1.55. The number of rotatable bonds is 3. The van der Waals surface area contributed by atoms with Gasteiger partial charge in [-0.3, -0.25) is 4.79 Å². The van der Waals surface area contributed by atoms with Crippen LogP contribution in [0.1, 0.15) is 21.9 Å². The fraction of sp³-hybridized carbons (Fsp3) is 0.250. The lowest BCUT2D eigenvalue weighted by molar-refractivity contribution is 0.0773. The van der Waals surface area contributed by atoms with Crippen molar-refractivity contribution in [1.29, 1.82) is 0 Å². The Morgan fingerprint density at radius 2 is 2.12 bits per heavy atom. The molecular formula is C16H15N5O3. The number of benzene rings is 1. The van der Waals surface area contributed by atoms with Crippen LogP contribution in [0.5, 0.6) is 11.5 Å². The van der Waals surface area contributed by atoms with Crippen LogP contribution < -0.4 is 9.47 Å². The topological polar surface area (TPSA) is 81.9 Å². The highest BCUT2D eigenvalue weighted by Gasteiger charge is 2.20. The highest BCUT2D eigenvalue weighted by atomic mass is 16.7. The number of carbonyl (C=O) groups is 1. The highest BCUT2D eigenvalue weighted by Crippen LogP contribution is 2.32. The lowest BCUT2D eigenvalue weighted by atomic mass is 10.2. The summed E-state index contributed by atoms with van der Waals surface area (Å²) in [5, 5.41) is 4.24. The van der Waals surface area contributed by atoms with Crippen LogP contribution >= 0.6 is 0 Å². The second kappa shape index (κ2) is 5.48. The number of hydrogen-bond donors (Lipinski definition) is 0. The number of amides is 1. The molecule has 24 heavy (non-hydrogen) atoms. The zero-order chi connectivity index (χ0) is 16.7. The molecule has 0 aliphatic carbocycles. The molecule has 0 bridgehead atoms. The maximum absolute atomic E-state index is 12.6. The minimum atomic E-state index is -0.266. The SMILES string of the molecule is Cc1ccnc2nc(C(=O)N(C)Cc3ccc4c(c3)OCO4)nn12. The minimum absolute atomic E-state index is 0.125. The van der Waals surface area contributed by atoms with Crippen LogP contribution in [0.4, 0.5) is 0 Å². The second-order valence-corrected chi connectivity index (χ2v) is 5.58. The van der Waals surface area contributed by atoms with E-state index in [4.69, 9.17) is 9.47 Å². The van der Waals surface area contributed by atoms with Crippen molar-refractivity contribution >= 4 is 11.7 Å². The molecule has 0 N–H and O–H groups in total. The molecule has 2 aromatic heterocycles. The summed E-state index contributed by atoms with van der Waals surface area (Å²) in [6.45, 7) is 2.52. The molecule has 4 rings (SSSR count). The maximum atomic E-state index is 12.6. The molecule has 0 fully saturated rings. The van der Waals surface area contributed by atoms with E-state index in [0.29, 0.717) is 18.1 Å². The molecule has 0 radical (unpaired) electrons. The minimum Gasteiger partial charge on any atom is -0.454 e. The van der Waals surface area contributed by atoms with Crippen LogP contribution in [-0.2, 0) is 6.54 Å². The monoisotopic (exact) mass is 325 g/mol. The Bertz CT molecular complexity index is 937. The van der Waals surface area contributed by atoms with E-state index in [0.717, 1.165) is 17.0 Å². The van der Waals surface area contributed by atoms with Gasteiger partial charge in [0.2, 0.25) is 12.6 Å². The lowest BCUT2D eigenvalue weighted by Gasteiger charge is -2.15. The number of aromatic nitrogens is 4. The third-order valence-corrected chi connectivity index (χ3v) is 3.82. The normalized spacial score (nSPS) is 12.6. The van der Waals surface area contributed by atoms with Gasteiger partial charge in [0.15, 0.2) is 11.5 Å². The molecule has 1 aromatic carbocycles. The zero-order valence-electron chi connectivity index (χ0n) is 13.3. The van der Waals surface area contributed by atoms with Gasteiger partial charge in [-0.15, -0.1) is 5.10 Å². The van der Waals surface area contributed by atoms with Crippen LogP contribution in [0, 0.1) is 6.92 Å². The van der Waals surface area contributed by atoms with Gasteiger partial charge in [0.1, 0.15) is 0 Å².